The fourth-order valence-electron chi connectivity index (χ4n) is 1.20. The standard InChI is InChI=1S/C7H12O2/c1-9-7-5-3-2-4-6(7)8/h7H,2-5H2,1H3/t7-/m1/s1. The molecule has 1 atom stereocenters. The lowest BCUT2D eigenvalue weighted by Crippen LogP contribution is -2.26. The van der Waals surface area contributed by atoms with E-state index in [0.29, 0.717) is 0 Å². The molecule has 52 valence electrons. The molecule has 1 aliphatic carbocycles. The number of carbonyl (C=O) groups is 1. The molecule has 2 nitrogen and oxygen atoms in total. The van der Waals surface area contributed by atoms with Crippen LogP contribution in [0.15, 0.2) is 0 Å². The molecule has 0 aliphatic heterocycles. The minimum atomic E-state index is -0.0845. The van der Waals surface area contributed by atoms with E-state index in [1.165, 1.54) is 0 Å². The fraction of sp³-hybridized carbons (Fsp3) is 0.857. The average Bonchev–Trinajstić information content (AvgIpc) is 1.89. The Balaban J connectivity index is 2.39. The molecular weight excluding hydrogens is 116 g/mol. The number of Topliss-reactive ketones (excluding diaryl/α,β-unsaturated/α-hetero) is 1. The van der Waals surface area contributed by atoms with Crippen LogP contribution in [0.3, 0.4) is 0 Å². The molecule has 0 amide bonds. The highest BCUT2D eigenvalue weighted by Gasteiger charge is 2.20. The average molecular weight is 128 g/mol. The van der Waals surface area contributed by atoms with Gasteiger partial charge in [0.15, 0.2) is 5.78 Å². The van der Waals surface area contributed by atoms with Crippen molar-refractivity contribution >= 4 is 5.78 Å². The third kappa shape index (κ3) is 1.52. The molecule has 1 fully saturated rings. The number of hydrogen-bond donors (Lipinski definition) is 0. The summed E-state index contributed by atoms with van der Waals surface area (Å²) in [6, 6.07) is 0. The number of hydrogen-bond acceptors (Lipinski definition) is 2. The molecule has 0 aromatic heterocycles. The van der Waals surface area contributed by atoms with E-state index in [-0.39, 0.29) is 11.9 Å². The topological polar surface area (TPSA) is 26.3 Å². The molecule has 0 unspecified atom stereocenters. The summed E-state index contributed by atoms with van der Waals surface area (Å²) in [5, 5.41) is 0. The zero-order valence-electron chi connectivity index (χ0n) is 5.72. The minimum absolute atomic E-state index is 0.0845. The van der Waals surface area contributed by atoms with E-state index in [1.807, 2.05) is 0 Å². The molecule has 0 aromatic carbocycles. The summed E-state index contributed by atoms with van der Waals surface area (Å²) in [4.78, 5) is 10.9. The Kier molecular flexibility index (Phi) is 2.22. The Bertz CT molecular complexity index is 109. The van der Waals surface area contributed by atoms with Crippen molar-refractivity contribution in [1.29, 1.82) is 0 Å². The van der Waals surface area contributed by atoms with Gasteiger partial charge in [0, 0.05) is 13.5 Å². The third-order valence-corrected chi connectivity index (χ3v) is 1.78. The zero-order chi connectivity index (χ0) is 6.69. The number of methoxy groups -OCH3 is 1. The van der Waals surface area contributed by atoms with Gasteiger partial charge in [-0.3, -0.25) is 4.79 Å². The number of carbonyl (C=O) groups excluding carboxylic acids is 1. The molecular formula is C7H12O2. The van der Waals surface area contributed by atoms with Gasteiger partial charge in [0.25, 0.3) is 0 Å². The van der Waals surface area contributed by atoms with Crippen molar-refractivity contribution in [3.8, 4) is 0 Å². The molecule has 2 heteroatoms. The van der Waals surface area contributed by atoms with Gasteiger partial charge in [-0.15, -0.1) is 0 Å². The molecule has 0 saturated heterocycles. The second kappa shape index (κ2) is 2.97. The Hall–Kier alpha value is -0.370. The first-order valence-electron chi connectivity index (χ1n) is 3.40. The van der Waals surface area contributed by atoms with Gasteiger partial charge in [-0.25, -0.2) is 0 Å². The van der Waals surface area contributed by atoms with Crippen LogP contribution in [0.4, 0.5) is 0 Å². The lowest BCUT2D eigenvalue weighted by atomic mass is 9.96. The lowest BCUT2D eigenvalue weighted by molar-refractivity contribution is -0.131. The zero-order valence-corrected chi connectivity index (χ0v) is 5.72. The first kappa shape index (κ1) is 6.75. The molecule has 9 heavy (non-hydrogen) atoms. The molecule has 1 rings (SSSR count). The second-order valence-electron chi connectivity index (χ2n) is 2.44. The summed E-state index contributed by atoms with van der Waals surface area (Å²) in [5.74, 6) is 0.281. The quantitative estimate of drug-likeness (QED) is 0.529. The van der Waals surface area contributed by atoms with Crippen molar-refractivity contribution < 1.29 is 9.53 Å². The van der Waals surface area contributed by atoms with E-state index >= 15 is 0 Å². The predicted molar refractivity (Wildman–Crippen MR) is 34.3 cm³/mol. The number of ketones is 1. The molecule has 0 bridgehead atoms. The van der Waals surface area contributed by atoms with E-state index in [2.05, 4.69) is 0 Å². The first-order chi connectivity index (χ1) is 4.34. The van der Waals surface area contributed by atoms with E-state index in [1.54, 1.807) is 7.11 Å². The molecule has 0 heterocycles. The van der Waals surface area contributed by atoms with E-state index in [9.17, 15) is 4.79 Å². The summed E-state index contributed by atoms with van der Waals surface area (Å²) in [7, 11) is 1.61. The molecule has 0 aromatic rings. The highest BCUT2D eigenvalue weighted by atomic mass is 16.5. The summed E-state index contributed by atoms with van der Waals surface area (Å²) in [5.41, 5.74) is 0. The maximum Gasteiger partial charge on any atom is 0.161 e. The highest BCUT2D eigenvalue weighted by Crippen LogP contribution is 2.16. The van der Waals surface area contributed by atoms with Gasteiger partial charge >= 0.3 is 0 Å². The summed E-state index contributed by atoms with van der Waals surface area (Å²) < 4.78 is 4.95. The third-order valence-electron chi connectivity index (χ3n) is 1.78. The van der Waals surface area contributed by atoms with Crippen LogP contribution in [0, 0.1) is 0 Å². The molecule has 1 aliphatic rings. The van der Waals surface area contributed by atoms with Gasteiger partial charge in [-0.05, 0) is 19.3 Å². The van der Waals surface area contributed by atoms with Crippen molar-refractivity contribution in [3.63, 3.8) is 0 Å². The van der Waals surface area contributed by atoms with Crippen LogP contribution in [-0.2, 0) is 9.53 Å². The normalized spacial score (nSPS) is 28.6. The van der Waals surface area contributed by atoms with Crippen molar-refractivity contribution in [2.24, 2.45) is 0 Å². The monoisotopic (exact) mass is 128 g/mol. The Morgan fingerprint density at radius 2 is 2.33 bits per heavy atom. The first-order valence-corrected chi connectivity index (χ1v) is 3.40. The Morgan fingerprint density at radius 3 is 2.78 bits per heavy atom. The van der Waals surface area contributed by atoms with Crippen LogP contribution in [0.2, 0.25) is 0 Å². The summed E-state index contributed by atoms with van der Waals surface area (Å²) >= 11 is 0. The lowest BCUT2D eigenvalue weighted by Gasteiger charge is -2.17. The summed E-state index contributed by atoms with van der Waals surface area (Å²) in [6.45, 7) is 0. The van der Waals surface area contributed by atoms with E-state index in [0.717, 1.165) is 25.7 Å². The van der Waals surface area contributed by atoms with Gasteiger partial charge in [0.05, 0.1) is 0 Å². The van der Waals surface area contributed by atoms with Gasteiger partial charge in [0.2, 0.25) is 0 Å². The van der Waals surface area contributed by atoms with Crippen molar-refractivity contribution in [2.75, 3.05) is 7.11 Å². The van der Waals surface area contributed by atoms with Crippen LogP contribution in [-0.4, -0.2) is 19.0 Å². The smallest absolute Gasteiger partial charge is 0.161 e. The van der Waals surface area contributed by atoms with Crippen LogP contribution in [0.25, 0.3) is 0 Å². The van der Waals surface area contributed by atoms with Crippen molar-refractivity contribution in [2.45, 2.75) is 31.8 Å². The maximum atomic E-state index is 10.9. The molecule has 1 saturated carbocycles. The molecule has 0 N–H and O–H groups in total. The Labute approximate surface area is 55.2 Å². The predicted octanol–water partition coefficient (Wildman–Crippen LogP) is 1.14. The van der Waals surface area contributed by atoms with E-state index in [4.69, 9.17) is 4.74 Å². The SMILES string of the molecule is CO[C@@H]1CCCCC1=O. The molecule has 0 spiro atoms. The summed E-state index contributed by atoms with van der Waals surface area (Å²) in [6.07, 6.45) is 3.76. The van der Waals surface area contributed by atoms with Crippen LogP contribution in [0.5, 0.6) is 0 Å². The van der Waals surface area contributed by atoms with Gasteiger partial charge in [-0.2, -0.15) is 0 Å². The minimum Gasteiger partial charge on any atom is -0.374 e. The van der Waals surface area contributed by atoms with Crippen LogP contribution < -0.4 is 0 Å². The van der Waals surface area contributed by atoms with Crippen LogP contribution in [0.1, 0.15) is 25.7 Å². The van der Waals surface area contributed by atoms with Crippen molar-refractivity contribution in [3.05, 3.63) is 0 Å². The number of rotatable bonds is 1. The second-order valence-corrected chi connectivity index (χ2v) is 2.44. The highest BCUT2D eigenvalue weighted by molar-refractivity contribution is 5.83. The van der Waals surface area contributed by atoms with Crippen LogP contribution >= 0.6 is 0 Å². The fourth-order valence-corrected chi connectivity index (χ4v) is 1.20. The van der Waals surface area contributed by atoms with Crippen molar-refractivity contribution in [1.82, 2.24) is 0 Å². The van der Waals surface area contributed by atoms with E-state index < -0.39 is 0 Å². The Morgan fingerprint density at radius 1 is 1.56 bits per heavy atom. The van der Waals surface area contributed by atoms with Gasteiger partial charge in [0.1, 0.15) is 6.10 Å². The van der Waals surface area contributed by atoms with Gasteiger partial charge in [-0.1, -0.05) is 0 Å². The number of ether oxygens (including phenoxy) is 1. The van der Waals surface area contributed by atoms with Gasteiger partial charge < -0.3 is 4.74 Å². The maximum absolute atomic E-state index is 10.9. The largest absolute Gasteiger partial charge is 0.374 e. The molecule has 0 radical (unpaired) electrons.